The van der Waals surface area contributed by atoms with Crippen molar-refractivity contribution in [3.05, 3.63) is 29.6 Å². The highest BCUT2D eigenvalue weighted by atomic mass is 79.9. The number of fused-ring (bicyclic) bond motifs is 2. The molecule has 1 aromatic rings. The number of anilines is 1. The predicted molar refractivity (Wildman–Crippen MR) is 67.5 cm³/mol. The number of hydrogen-bond donors (Lipinski definition) is 0. The molecule has 2 unspecified atom stereocenters. The summed E-state index contributed by atoms with van der Waals surface area (Å²) in [5.74, 6) is 0.758. The molecule has 16 heavy (non-hydrogen) atoms. The van der Waals surface area contributed by atoms with E-state index in [2.05, 4.69) is 26.9 Å². The van der Waals surface area contributed by atoms with Crippen molar-refractivity contribution in [2.24, 2.45) is 5.92 Å². The summed E-state index contributed by atoms with van der Waals surface area (Å²) in [5, 5.41) is 0.600. The van der Waals surface area contributed by atoms with E-state index in [1.165, 1.54) is 19.3 Å². The molecule has 1 nitrogen and oxygen atoms in total. The van der Waals surface area contributed by atoms with Gasteiger partial charge in [0.1, 0.15) is 5.82 Å². The lowest BCUT2D eigenvalue weighted by molar-refractivity contribution is 0.550. The van der Waals surface area contributed by atoms with E-state index in [0.29, 0.717) is 11.4 Å². The Labute approximate surface area is 104 Å². The van der Waals surface area contributed by atoms with E-state index in [0.717, 1.165) is 23.7 Å². The first-order valence-electron chi connectivity index (χ1n) is 5.89. The van der Waals surface area contributed by atoms with Gasteiger partial charge in [-0.3, -0.25) is 0 Å². The first-order valence-corrected chi connectivity index (χ1v) is 7.01. The molecule has 1 heterocycles. The van der Waals surface area contributed by atoms with Crippen molar-refractivity contribution < 1.29 is 4.39 Å². The average Bonchev–Trinajstić information content (AvgIpc) is 2.90. The van der Waals surface area contributed by atoms with Crippen LogP contribution in [-0.4, -0.2) is 12.6 Å². The molecule has 0 N–H and O–H groups in total. The van der Waals surface area contributed by atoms with E-state index in [-0.39, 0.29) is 5.82 Å². The Morgan fingerprint density at radius 1 is 1.38 bits per heavy atom. The Kier molecular flexibility index (Phi) is 2.66. The van der Waals surface area contributed by atoms with E-state index in [4.69, 9.17) is 0 Å². The highest BCUT2D eigenvalue weighted by Crippen LogP contribution is 2.41. The second-order valence-corrected chi connectivity index (χ2v) is 5.42. The maximum atomic E-state index is 13.7. The minimum Gasteiger partial charge on any atom is -0.368 e. The summed E-state index contributed by atoms with van der Waals surface area (Å²) < 4.78 is 13.7. The number of nitrogens with zero attached hydrogens (tertiary/aromatic N) is 1. The number of rotatable bonds is 2. The molecule has 2 aliphatic rings. The second kappa shape index (κ2) is 4.02. The van der Waals surface area contributed by atoms with Crippen LogP contribution in [-0.2, 0) is 5.33 Å². The van der Waals surface area contributed by atoms with Gasteiger partial charge >= 0.3 is 0 Å². The Morgan fingerprint density at radius 3 is 2.88 bits per heavy atom. The maximum absolute atomic E-state index is 13.7. The van der Waals surface area contributed by atoms with Crippen molar-refractivity contribution in [3.8, 4) is 0 Å². The first-order chi connectivity index (χ1) is 7.79. The fourth-order valence-electron chi connectivity index (χ4n) is 3.17. The molecule has 0 spiro atoms. The molecule has 0 amide bonds. The highest BCUT2D eigenvalue weighted by Gasteiger charge is 2.38. The summed E-state index contributed by atoms with van der Waals surface area (Å²) in [5.41, 5.74) is 1.92. The molecule has 1 saturated carbocycles. The van der Waals surface area contributed by atoms with Crippen LogP contribution in [0.15, 0.2) is 18.2 Å². The molecule has 1 aromatic carbocycles. The van der Waals surface area contributed by atoms with Gasteiger partial charge in [0, 0.05) is 29.2 Å². The third-order valence-corrected chi connectivity index (χ3v) is 4.51. The van der Waals surface area contributed by atoms with Crippen LogP contribution in [0.1, 0.15) is 24.8 Å². The molecular formula is C13H15BrFN. The number of hydrogen-bond acceptors (Lipinski definition) is 1. The summed E-state index contributed by atoms with van der Waals surface area (Å²) in [6, 6.07) is 6.09. The molecule has 2 fully saturated rings. The lowest BCUT2D eigenvalue weighted by Gasteiger charge is -2.30. The van der Waals surface area contributed by atoms with Crippen LogP contribution in [0.5, 0.6) is 0 Å². The fourth-order valence-corrected chi connectivity index (χ4v) is 3.72. The molecule has 1 aliphatic heterocycles. The van der Waals surface area contributed by atoms with Gasteiger partial charge in [0.05, 0.1) is 0 Å². The van der Waals surface area contributed by atoms with E-state index < -0.39 is 0 Å². The van der Waals surface area contributed by atoms with Gasteiger partial charge in [0.25, 0.3) is 0 Å². The Balaban J connectivity index is 1.97. The largest absolute Gasteiger partial charge is 0.368 e. The molecule has 1 aliphatic carbocycles. The van der Waals surface area contributed by atoms with Gasteiger partial charge in [-0.25, -0.2) is 4.39 Å². The van der Waals surface area contributed by atoms with Gasteiger partial charge < -0.3 is 4.90 Å². The average molecular weight is 284 g/mol. The van der Waals surface area contributed by atoms with E-state index in [9.17, 15) is 4.39 Å². The molecule has 2 bridgehead atoms. The minimum absolute atomic E-state index is 0.0860. The number of piperidine rings is 1. The van der Waals surface area contributed by atoms with Crippen LogP contribution in [0, 0.1) is 11.7 Å². The van der Waals surface area contributed by atoms with Gasteiger partial charge in [0.2, 0.25) is 0 Å². The lowest BCUT2D eigenvalue weighted by atomic mass is 10.1. The Bertz CT molecular complexity index is 407. The molecule has 3 heteroatoms. The highest BCUT2D eigenvalue weighted by molar-refractivity contribution is 9.08. The van der Waals surface area contributed by atoms with Crippen molar-refractivity contribution in [1.82, 2.24) is 0 Å². The first kappa shape index (κ1) is 10.6. The number of benzene rings is 1. The van der Waals surface area contributed by atoms with Crippen LogP contribution < -0.4 is 4.90 Å². The van der Waals surface area contributed by atoms with Crippen LogP contribution in [0.2, 0.25) is 0 Å². The minimum atomic E-state index is -0.0860. The molecule has 0 radical (unpaired) electrons. The molecule has 1 saturated heterocycles. The fraction of sp³-hybridized carbons (Fsp3) is 0.538. The SMILES string of the molecule is Fc1cccc(N2CC3CCC2C3)c1CBr. The van der Waals surface area contributed by atoms with Crippen molar-refractivity contribution in [2.75, 3.05) is 11.4 Å². The van der Waals surface area contributed by atoms with Crippen LogP contribution in [0.3, 0.4) is 0 Å². The van der Waals surface area contributed by atoms with Crippen LogP contribution >= 0.6 is 15.9 Å². The summed E-state index contributed by atoms with van der Waals surface area (Å²) in [4.78, 5) is 2.41. The summed E-state index contributed by atoms with van der Waals surface area (Å²) >= 11 is 3.39. The third-order valence-electron chi connectivity index (χ3n) is 3.95. The smallest absolute Gasteiger partial charge is 0.129 e. The predicted octanol–water partition coefficient (Wildman–Crippen LogP) is 3.71. The van der Waals surface area contributed by atoms with Gasteiger partial charge in [-0.15, -0.1) is 0 Å². The van der Waals surface area contributed by atoms with E-state index in [1.54, 1.807) is 6.07 Å². The summed E-state index contributed by atoms with van der Waals surface area (Å²) in [7, 11) is 0. The summed E-state index contributed by atoms with van der Waals surface area (Å²) in [6.45, 7) is 1.12. The monoisotopic (exact) mass is 283 g/mol. The second-order valence-electron chi connectivity index (χ2n) is 4.86. The lowest BCUT2D eigenvalue weighted by Crippen LogP contribution is -2.32. The third kappa shape index (κ3) is 1.56. The van der Waals surface area contributed by atoms with Crippen molar-refractivity contribution in [1.29, 1.82) is 0 Å². The summed E-state index contributed by atoms with van der Waals surface area (Å²) in [6.07, 6.45) is 3.95. The van der Waals surface area contributed by atoms with Crippen LogP contribution in [0.25, 0.3) is 0 Å². The van der Waals surface area contributed by atoms with Crippen molar-refractivity contribution in [3.63, 3.8) is 0 Å². The molecule has 3 rings (SSSR count). The number of alkyl halides is 1. The molecule has 86 valence electrons. The van der Waals surface area contributed by atoms with Crippen molar-refractivity contribution in [2.45, 2.75) is 30.6 Å². The molecule has 0 aromatic heterocycles. The van der Waals surface area contributed by atoms with Crippen molar-refractivity contribution >= 4 is 21.6 Å². The van der Waals surface area contributed by atoms with E-state index >= 15 is 0 Å². The topological polar surface area (TPSA) is 3.24 Å². The standard InChI is InChI=1S/C13H15BrFN/c14-7-11-12(15)2-1-3-13(11)16-8-9-4-5-10(16)6-9/h1-3,9-10H,4-8H2. The van der Waals surface area contributed by atoms with Gasteiger partial charge in [-0.1, -0.05) is 22.0 Å². The Hall–Kier alpha value is -0.570. The van der Waals surface area contributed by atoms with Gasteiger partial charge in [0.15, 0.2) is 0 Å². The van der Waals surface area contributed by atoms with Gasteiger partial charge in [-0.2, -0.15) is 0 Å². The zero-order valence-electron chi connectivity index (χ0n) is 9.13. The molecule has 2 atom stereocenters. The Morgan fingerprint density at radius 2 is 2.25 bits per heavy atom. The zero-order chi connectivity index (χ0) is 11.1. The zero-order valence-corrected chi connectivity index (χ0v) is 10.7. The normalized spacial score (nSPS) is 27.8. The number of halogens is 2. The van der Waals surface area contributed by atoms with Gasteiger partial charge in [-0.05, 0) is 37.3 Å². The quantitative estimate of drug-likeness (QED) is 0.748. The van der Waals surface area contributed by atoms with Crippen LogP contribution in [0.4, 0.5) is 10.1 Å². The van der Waals surface area contributed by atoms with E-state index in [1.807, 2.05) is 6.07 Å². The maximum Gasteiger partial charge on any atom is 0.129 e. The molecular weight excluding hydrogens is 269 g/mol.